The molecule has 0 radical (unpaired) electrons. The van der Waals surface area contributed by atoms with Crippen LogP contribution in [0.1, 0.15) is 12.8 Å². The summed E-state index contributed by atoms with van der Waals surface area (Å²) in [6.45, 7) is 1.40. The molecule has 4 rings (SSSR count). The molecular formula is C23H25ClF2N4O2S. The zero-order valence-electron chi connectivity index (χ0n) is 18.3. The van der Waals surface area contributed by atoms with E-state index < -0.39 is 17.6 Å². The Bertz CT molecular complexity index is 1140. The van der Waals surface area contributed by atoms with Crippen molar-refractivity contribution in [2.45, 2.75) is 12.8 Å². The van der Waals surface area contributed by atoms with Crippen LogP contribution >= 0.6 is 23.7 Å². The highest BCUT2D eigenvalue weighted by Crippen LogP contribution is 2.34. The predicted molar refractivity (Wildman–Crippen MR) is 129 cm³/mol. The number of thiazole rings is 1. The number of nitrogens with zero attached hydrogens (tertiary/aromatic N) is 4. The standard InChI is InChI=1S/C23H24F2N4O2S.ClH/c1-27(2)9-6-10-28(23-26-21-18(25)12-16(24)13-19(21)32-23)22(31)15-11-20(30)29(14-15)17-7-4-3-5-8-17;/h3-5,7-8,12-13,15H,6,9-11,14H2,1-2H3;1H. The summed E-state index contributed by atoms with van der Waals surface area (Å²) in [4.78, 5) is 35.6. The number of benzene rings is 2. The maximum absolute atomic E-state index is 14.2. The summed E-state index contributed by atoms with van der Waals surface area (Å²) in [6.07, 6.45) is 0.778. The Morgan fingerprint density at radius 3 is 2.61 bits per heavy atom. The molecule has 1 saturated heterocycles. The van der Waals surface area contributed by atoms with Crippen molar-refractivity contribution in [3.63, 3.8) is 0 Å². The second-order valence-corrected chi connectivity index (χ2v) is 9.13. The molecule has 10 heteroatoms. The van der Waals surface area contributed by atoms with Crippen molar-refractivity contribution in [1.29, 1.82) is 0 Å². The third-order valence-corrected chi connectivity index (χ3v) is 6.45. The monoisotopic (exact) mass is 494 g/mol. The zero-order valence-corrected chi connectivity index (χ0v) is 20.0. The lowest BCUT2D eigenvalue weighted by molar-refractivity contribution is -0.124. The van der Waals surface area contributed by atoms with Crippen molar-refractivity contribution in [3.05, 3.63) is 54.1 Å². The van der Waals surface area contributed by atoms with Gasteiger partial charge in [0.1, 0.15) is 11.3 Å². The first kappa shape index (κ1) is 25.0. The fourth-order valence-electron chi connectivity index (χ4n) is 3.86. The first-order chi connectivity index (χ1) is 15.3. The molecule has 0 N–H and O–H groups in total. The highest BCUT2D eigenvalue weighted by molar-refractivity contribution is 7.22. The molecule has 6 nitrogen and oxygen atoms in total. The molecule has 1 aliphatic rings. The summed E-state index contributed by atoms with van der Waals surface area (Å²) in [6, 6.07) is 11.2. The van der Waals surface area contributed by atoms with Crippen LogP contribution in [0.2, 0.25) is 0 Å². The van der Waals surface area contributed by atoms with Gasteiger partial charge in [0.25, 0.3) is 0 Å². The molecule has 1 fully saturated rings. The van der Waals surface area contributed by atoms with Crippen LogP contribution in [-0.2, 0) is 9.59 Å². The number of aromatic nitrogens is 1. The topological polar surface area (TPSA) is 56.8 Å². The number of carbonyl (C=O) groups excluding carboxylic acids is 2. The second kappa shape index (κ2) is 10.5. The molecule has 0 saturated carbocycles. The van der Waals surface area contributed by atoms with E-state index in [1.165, 1.54) is 11.0 Å². The minimum Gasteiger partial charge on any atom is -0.312 e. The van der Waals surface area contributed by atoms with Crippen molar-refractivity contribution in [3.8, 4) is 0 Å². The molecule has 0 spiro atoms. The number of anilines is 2. The first-order valence-corrected chi connectivity index (χ1v) is 11.2. The van der Waals surface area contributed by atoms with Gasteiger partial charge in [-0.15, -0.1) is 12.4 Å². The van der Waals surface area contributed by atoms with E-state index in [4.69, 9.17) is 0 Å². The first-order valence-electron chi connectivity index (χ1n) is 10.4. The van der Waals surface area contributed by atoms with Crippen LogP contribution in [0.5, 0.6) is 0 Å². The number of amides is 2. The summed E-state index contributed by atoms with van der Waals surface area (Å²) < 4.78 is 28.2. The Hall–Kier alpha value is -2.62. The van der Waals surface area contributed by atoms with Crippen molar-refractivity contribution in [2.24, 2.45) is 5.92 Å². The van der Waals surface area contributed by atoms with Crippen LogP contribution in [-0.4, -0.2) is 55.4 Å². The van der Waals surface area contributed by atoms with Crippen LogP contribution in [0.25, 0.3) is 10.2 Å². The van der Waals surface area contributed by atoms with E-state index in [1.54, 1.807) is 4.90 Å². The van der Waals surface area contributed by atoms with Crippen molar-refractivity contribution >= 4 is 56.6 Å². The van der Waals surface area contributed by atoms with Gasteiger partial charge in [0.15, 0.2) is 10.9 Å². The van der Waals surface area contributed by atoms with Crippen LogP contribution in [0.3, 0.4) is 0 Å². The van der Waals surface area contributed by atoms with Crippen LogP contribution in [0.15, 0.2) is 42.5 Å². The van der Waals surface area contributed by atoms with E-state index in [-0.39, 0.29) is 42.7 Å². The summed E-state index contributed by atoms with van der Waals surface area (Å²) in [7, 11) is 3.88. The third kappa shape index (κ3) is 5.48. The normalized spacial score (nSPS) is 15.8. The SMILES string of the molecule is CN(C)CCCN(C(=O)C1CC(=O)N(c2ccccc2)C1)c1nc2c(F)cc(F)cc2s1.Cl. The molecule has 3 aromatic rings. The minimum atomic E-state index is -0.755. The Kier molecular flexibility index (Phi) is 7.99. The van der Waals surface area contributed by atoms with Crippen LogP contribution in [0.4, 0.5) is 19.6 Å². The van der Waals surface area contributed by atoms with E-state index in [1.807, 2.05) is 49.3 Å². The molecule has 2 aromatic carbocycles. The predicted octanol–water partition coefficient (Wildman–Crippen LogP) is 4.33. The van der Waals surface area contributed by atoms with E-state index in [9.17, 15) is 18.4 Å². The summed E-state index contributed by atoms with van der Waals surface area (Å²) in [5.74, 6) is -2.31. The van der Waals surface area contributed by atoms with E-state index in [0.717, 1.165) is 29.6 Å². The molecule has 1 aromatic heterocycles. The fourth-order valence-corrected chi connectivity index (χ4v) is 4.89. The van der Waals surface area contributed by atoms with Gasteiger partial charge in [-0.25, -0.2) is 13.8 Å². The second-order valence-electron chi connectivity index (χ2n) is 8.12. The number of halogens is 3. The molecule has 0 bridgehead atoms. The van der Waals surface area contributed by atoms with Gasteiger partial charge < -0.3 is 9.80 Å². The Labute approximate surface area is 201 Å². The quantitative estimate of drug-likeness (QED) is 0.490. The molecule has 33 heavy (non-hydrogen) atoms. The van der Waals surface area contributed by atoms with Gasteiger partial charge in [-0.2, -0.15) is 0 Å². The van der Waals surface area contributed by atoms with Gasteiger partial charge in [0, 0.05) is 31.3 Å². The van der Waals surface area contributed by atoms with Crippen LogP contribution < -0.4 is 9.80 Å². The molecule has 176 valence electrons. The molecular weight excluding hydrogens is 470 g/mol. The van der Waals surface area contributed by atoms with Gasteiger partial charge in [-0.3, -0.25) is 14.5 Å². The minimum absolute atomic E-state index is 0. The lowest BCUT2D eigenvalue weighted by atomic mass is 10.1. The van der Waals surface area contributed by atoms with Gasteiger partial charge in [0.05, 0.1) is 10.6 Å². The summed E-state index contributed by atoms with van der Waals surface area (Å²) in [5.41, 5.74) is 0.801. The highest BCUT2D eigenvalue weighted by Gasteiger charge is 2.38. The van der Waals surface area contributed by atoms with Gasteiger partial charge in [-0.1, -0.05) is 29.5 Å². The highest BCUT2D eigenvalue weighted by atomic mass is 35.5. The van der Waals surface area contributed by atoms with Crippen molar-refractivity contribution in [1.82, 2.24) is 9.88 Å². The zero-order chi connectivity index (χ0) is 22.8. The van der Waals surface area contributed by atoms with E-state index in [0.29, 0.717) is 22.8 Å². The Morgan fingerprint density at radius 1 is 1.18 bits per heavy atom. The number of carbonyl (C=O) groups is 2. The average molecular weight is 495 g/mol. The van der Waals surface area contributed by atoms with Gasteiger partial charge in [-0.05, 0) is 45.3 Å². The molecule has 1 unspecified atom stereocenters. The number of hydrogen-bond acceptors (Lipinski definition) is 5. The number of rotatable bonds is 7. The van der Waals surface area contributed by atoms with Gasteiger partial charge in [0.2, 0.25) is 11.8 Å². The van der Waals surface area contributed by atoms with Crippen LogP contribution in [0, 0.1) is 17.6 Å². The Morgan fingerprint density at radius 2 is 1.91 bits per heavy atom. The van der Waals surface area contributed by atoms with E-state index >= 15 is 0 Å². The van der Waals surface area contributed by atoms with Gasteiger partial charge >= 0.3 is 0 Å². The third-order valence-electron chi connectivity index (χ3n) is 5.43. The molecule has 2 heterocycles. The average Bonchev–Trinajstić information content (AvgIpc) is 3.35. The van der Waals surface area contributed by atoms with Crippen molar-refractivity contribution in [2.75, 3.05) is 43.5 Å². The smallest absolute Gasteiger partial charge is 0.234 e. The lowest BCUT2D eigenvalue weighted by Gasteiger charge is -2.24. The molecule has 1 aliphatic heterocycles. The largest absolute Gasteiger partial charge is 0.312 e. The fraction of sp³-hybridized carbons (Fsp3) is 0.348. The molecule has 1 atom stereocenters. The van der Waals surface area contributed by atoms with E-state index in [2.05, 4.69) is 4.98 Å². The number of para-hydroxylation sites is 1. The Balaban J connectivity index is 0.00000306. The number of hydrogen-bond donors (Lipinski definition) is 0. The molecule has 2 amide bonds. The maximum atomic E-state index is 14.2. The summed E-state index contributed by atoms with van der Waals surface area (Å²) >= 11 is 1.08. The summed E-state index contributed by atoms with van der Waals surface area (Å²) in [5, 5.41) is 0.318. The lowest BCUT2D eigenvalue weighted by Crippen LogP contribution is -2.39. The molecule has 0 aliphatic carbocycles. The number of fused-ring (bicyclic) bond motifs is 1. The van der Waals surface area contributed by atoms with Crippen molar-refractivity contribution < 1.29 is 18.4 Å². The maximum Gasteiger partial charge on any atom is 0.234 e.